The van der Waals surface area contributed by atoms with Gasteiger partial charge < -0.3 is 19.8 Å². The summed E-state index contributed by atoms with van der Waals surface area (Å²) in [7, 11) is 1.71. The zero-order valence-electron chi connectivity index (χ0n) is 16.4. The number of benzene rings is 1. The van der Waals surface area contributed by atoms with Crippen LogP contribution in [-0.4, -0.2) is 26.2 Å². The maximum atomic E-state index is 5.42. The van der Waals surface area contributed by atoms with Gasteiger partial charge in [0.15, 0.2) is 5.96 Å². The summed E-state index contributed by atoms with van der Waals surface area (Å²) in [6.07, 6.45) is 3.42. The molecule has 0 radical (unpaired) electrons. The van der Waals surface area contributed by atoms with Gasteiger partial charge in [0.1, 0.15) is 11.5 Å². The van der Waals surface area contributed by atoms with Crippen molar-refractivity contribution in [3.8, 4) is 5.75 Å². The minimum absolute atomic E-state index is 0.673. The van der Waals surface area contributed by atoms with E-state index in [1.54, 1.807) is 24.7 Å². The number of guanidine groups is 1. The van der Waals surface area contributed by atoms with E-state index < -0.39 is 0 Å². The fourth-order valence-electron chi connectivity index (χ4n) is 2.84. The molecule has 0 aliphatic heterocycles. The van der Waals surface area contributed by atoms with Crippen LogP contribution in [-0.2, 0) is 19.4 Å². The first-order chi connectivity index (χ1) is 13.7. The van der Waals surface area contributed by atoms with Crippen molar-refractivity contribution >= 4 is 17.3 Å². The van der Waals surface area contributed by atoms with E-state index in [0.29, 0.717) is 6.54 Å². The van der Waals surface area contributed by atoms with E-state index in [0.717, 1.165) is 49.0 Å². The predicted octanol–water partition coefficient (Wildman–Crippen LogP) is 4.18. The topological polar surface area (TPSA) is 58.8 Å². The number of methoxy groups -OCH3 is 1. The minimum atomic E-state index is 0.673. The van der Waals surface area contributed by atoms with Gasteiger partial charge in [-0.2, -0.15) is 0 Å². The highest BCUT2D eigenvalue weighted by Crippen LogP contribution is 2.19. The van der Waals surface area contributed by atoms with Gasteiger partial charge in [-0.05, 0) is 54.1 Å². The molecule has 0 unspecified atom stereocenters. The summed E-state index contributed by atoms with van der Waals surface area (Å²) >= 11 is 1.72. The first-order valence-corrected chi connectivity index (χ1v) is 10.3. The van der Waals surface area contributed by atoms with Gasteiger partial charge in [-0.25, -0.2) is 4.99 Å². The number of thiophene rings is 1. The standard InChI is InChI=1S/C22H27N3O2S/c1-17-7-8-18(15-21(17)26-2)9-11-23-22(25-16-20-6-4-14-28-20)24-12-10-19-5-3-13-27-19/h3-8,13-15H,9-12,16H2,1-2H3,(H2,23,24,25). The molecular formula is C22H27N3O2S. The van der Waals surface area contributed by atoms with Crippen molar-refractivity contribution in [2.24, 2.45) is 4.99 Å². The molecule has 2 N–H and O–H groups in total. The van der Waals surface area contributed by atoms with Crippen molar-refractivity contribution in [2.45, 2.75) is 26.3 Å². The molecule has 2 heterocycles. The molecule has 6 heteroatoms. The van der Waals surface area contributed by atoms with Crippen molar-refractivity contribution in [3.05, 3.63) is 75.9 Å². The Morgan fingerprint density at radius 2 is 1.96 bits per heavy atom. The van der Waals surface area contributed by atoms with Crippen LogP contribution in [0.25, 0.3) is 0 Å². The van der Waals surface area contributed by atoms with Gasteiger partial charge in [0.05, 0.1) is 19.9 Å². The van der Waals surface area contributed by atoms with Crippen molar-refractivity contribution in [3.63, 3.8) is 0 Å². The Hall–Kier alpha value is -2.73. The third kappa shape index (κ3) is 6.16. The largest absolute Gasteiger partial charge is 0.496 e. The number of rotatable bonds is 9. The fourth-order valence-corrected chi connectivity index (χ4v) is 3.47. The van der Waals surface area contributed by atoms with Crippen LogP contribution in [0.2, 0.25) is 0 Å². The molecule has 0 saturated heterocycles. The van der Waals surface area contributed by atoms with Crippen LogP contribution in [0.1, 0.15) is 21.8 Å². The second kappa shape index (κ2) is 10.6. The third-order valence-electron chi connectivity index (χ3n) is 4.40. The third-order valence-corrected chi connectivity index (χ3v) is 5.26. The molecule has 0 aliphatic carbocycles. The van der Waals surface area contributed by atoms with Gasteiger partial charge in [0.2, 0.25) is 0 Å². The summed E-state index contributed by atoms with van der Waals surface area (Å²) in [6.45, 7) is 4.29. The highest BCUT2D eigenvalue weighted by Gasteiger charge is 2.04. The SMILES string of the molecule is COc1cc(CCNC(=NCc2cccs2)NCCc2ccco2)ccc1C. The molecule has 0 amide bonds. The number of furan rings is 1. The van der Waals surface area contributed by atoms with Crippen molar-refractivity contribution < 1.29 is 9.15 Å². The zero-order valence-corrected chi connectivity index (χ0v) is 17.2. The van der Waals surface area contributed by atoms with E-state index in [1.807, 2.05) is 12.1 Å². The van der Waals surface area contributed by atoms with Crippen molar-refractivity contribution in [1.29, 1.82) is 0 Å². The van der Waals surface area contributed by atoms with Crippen LogP contribution in [0.3, 0.4) is 0 Å². The first kappa shape index (κ1) is 20.0. The fraction of sp³-hybridized carbons (Fsp3) is 0.318. The molecule has 0 bridgehead atoms. The predicted molar refractivity (Wildman–Crippen MR) is 115 cm³/mol. The number of ether oxygens (including phenoxy) is 1. The molecule has 0 atom stereocenters. The molecule has 3 aromatic rings. The van der Waals surface area contributed by atoms with Gasteiger partial charge in [-0.15, -0.1) is 11.3 Å². The minimum Gasteiger partial charge on any atom is -0.496 e. The van der Waals surface area contributed by atoms with Crippen LogP contribution in [0.4, 0.5) is 0 Å². The van der Waals surface area contributed by atoms with E-state index in [-0.39, 0.29) is 0 Å². The molecule has 28 heavy (non-hydrogen) atoms. The lowest BCUT2D eigenvalue weighted by Gasteiger charge is -2.13. The molecular weight excluding hydrogens is 370 g/mol. The number of hydrogen-bond donors (Lipinski definition) is 2. The molecule has 148 valence electrons. The second-order valence-corrected chi connectivity index (χ2v) is 7.51. The summed E-state index contributed by atoms with van der Waals surface area (Å²) in [4.78, 5) is 5.96. The molecule has 0 aliphatic rings. The average molecular weight is 398 g/mol. The van der Waals surface area contributed by atoms with Crippen LogP contribution < -0.4 is 15.4 Å². The summed E-state index contributed by atoms with van der Waals surface area (Å²) in [5, 5.41) is 8.91. The zero-order chi connectivity index (χ0) is 19.6. The van der Waals surface area contributed by atoms with Gasteiger partial charge in [0.25, 0.3) is 0 Å². The first-order valence-electron chi connectivity index (χ1n) is 9.45. The van der Waals surface area contributed by atoms with E-state index >= 15 is 0 Å². The number of nitrogens with one attached hydrogen (secondary N) is 2. The average Bonchev–Trinajstić information content (AvgIpc) is 3.41. The lowest BCUT2D eigenvalue weighted by Crippen LogP contribution is -2.39. The molecule has 0 spiro atoms. The number of aryl methyl sites for hydroxylation is 1. The van der Waals surface area contributed by atoms with Crippen LogP contribution in [0, 0.1) is 6.92 Å². The second-order valence-electron chi connectivity index (χ2n) is 6.48. The lowest BCUT2D eigenvalue weighted by atomic mass is 10.1. The Bertz CT molecular complexity index is 858. The van der Waals surface area contributed by atoms with E-state index in [9.17, 15) is 0 Å². The Kier molecular flexibility index (Phi) is 7.55. The smallest absolute Gasteiger partial charge is 0.191 e. The number of aliphatic imine (C=N–C) groups is 1. The van der Waals surface area contributed by atoms with E-state index in [4.69, 9.17) is 14.1 Å². The number of nitrogens with zero attached hydrogens (tertiary/aromatic N) is 1. The van der Waals surface area contributed by atoms with Crippen LogP contribution >= 0.6 is 11.3 Å². The Labute approximate surface area is 170 Å². The molecule has 0 fully saturated rings. The normalized spacial score (nSPS) is 11.4. The highest BCUT2D eigenvalue weighted by molar-refractivity contribution is 7.09. The van der Waals surface area contributed by atoms with Gasteiger partial charge in [-0.3, -0.25) is 0 Å². The van der Waals surface area contributed by atoms with E-state index in [1.165, 1.54) is 10.4 Å². The quantitative estimate of drug-likeness (QED) is 0.420. The number of hydrogen-bond acceptors (Lipinski definition) is 4. The monoisotopic (exact) mass is 397 g/mol. The molecule has 3 rings (SSSR count). The summed E-state index contributed by atoms with van der Waals surface area (Å²) in [6, 6.07) is 14.4. The maximum Gasteiger partial charge on any atom is 0.191 e. The Morgan fingerprint density at radius 1 is 1.11 bits per heavy atom. The Balaban J connectivity index is 1.54. The molecule has 1 aromatic carbocycles. The summed E-state index contributed by atoms with van der Waals surface area (Å²) in [5.41, 5.74) is 2.39. The molecule has 2 aromatic heterocycles. The van der Waals surface area contributed by atoms with E-state index in [2.05, 4.69) is 53.3 Å². The van der Waals surface area contributed by atoms with Crippen molar-refractivity contribution in [1.82, 2.24) is 10.6 Å². The van der Waals surface area contributed by atoms with Crippen LogP contribution in [0.5, 0.6) is 5.75 Å². The molecule has 0 saturated carbocycles. The van der Waals surface area contributed by atoms with Crippen LogP contribution in [0.15, 0.2) is 63.5 Å². The lowest BCUT2D eigenvalue weighted by molar-refractivity contribution is 0.411. The van der Waals surface area contributed by atoms with Gasteiger partial charge in [-0.1, -0.05) is 18.2 Å². The van der Waals surface area contributed by atoms with Gasteiger partial charge in [0, 0.05) is 24.4 Å². The summed E-state index contributed by atoms with van der Waals surface area (Å²) in [5.74, 6) is 2.72. The summed E-state index contributed by atoms with van der Waals surface area (Å²) < 4.78 is 10.8. The van der Waals surface area contributed by atoms with Crippen molar-refractivity contribution in [2.75, 3.05) is 20.2 Å². The highest BCUT2D eigenvalue weighted by atomic mass is 32.1. The molecule has 5 nitrogen and oxygen atoms in total. The van der Waals surface area contributed by atoms with Gasteiger partial charge >= 0.3 is 0 Å². The Morgan fingerprint density at radius 3 is 2.68 bits per heavy atom. The maximum absolute atomic E-state index is 5.42.